The normalized spacial score (nSPS) is 18.6. The molecular formula is C24H31F3N4O. The number of benzene rings is 1. The molecule has 32 heavy (non-hydrogen) atoms. The van der Waals surface area contributed by atoms with Crippen LogP contribution in [0.25, 0.3) is 11.4 Å². The lowest BCUT2D eigenvalue weighted by Crippen LogP contribution is -2.45. The zero-order chi connectivity index (χ0) is 22.7. The molecule has 2 heterocycles. The predicted octanol–water partition coefficient (Wildman–Crippen LogP) is 5.59. The molecule has 0 unspecified atom stereocenters. The Hall–Kier alpha value is -2.35. The van der Waals surface area contributed by atoms with Crippen LogP contribution in [0.2, 0.25) is 0 Å². The summed E-state index contributed by atoms with van der Waals surface area (Å²) in [5, 5.41) is 1.91. The first-order chi connectivity index (χ1) is 15.3. The summed E-state index contributed by atoms with van der Waals surface area (Å²) in [6.07, 6.45) is 4.53. The Labute approximate surface area is 187 Å². The molecule has 1 N–H and O–H groups in total. The summed E-state index contributed by atoms with van der Waals surface area (Å²) < 4.78 is 42.0. The van der Waals surface area contributed by atoms with E-state index in [1.807, 2.05) is 16.5 Å². The van der Waals surface area contributed by atoms with Gasteiger partial charge in [-0.15, -0.1) is 0 Å². The van der Waals surface area contributed by atoms with Crippen LogP contribution in [0.1, 0.15) is 73.1 Å². The van der Waals surface area contributed by atoms with Crippen molar-refractivity contribution in [3.8, 4) is 11.4 Å². The van der Waals surface area contributed by atoms with E-state index in [0.29, 0.717) is 35.2 Å². The standard InChI is InChI=1S/C24H31F3N4O/c1-17-21(23(32)29-30-13-6-3-7-14-30)28-22(31(17)16-18-9-4-2-5-10-18)19-11-8-12-20(15-19)24(25,26)27/h8,11-12,15,18H,2-7,9-10,13-14,16H2,1H3,(H,29,32). The van der Waals surface area contributed by atoms with Gasteiger partial charge >= 0.3 is 6.18 Å². The number of alkyl halides is 3. The first kappa shape index (κ1) is 22.8. The van der Waals surface area contributed by atoms with E-state index < -0.39 is 11.7 Å². The van der Waals surface area contributed by atoms with Gasteiger partial charge in [0.1, 0.15) is 5.82 Å². The highest BCUT2D eigenvalue weighted by Gasteiger charge is 2.31. The number of rotatable bonds is 5. The number of carbonyl (C=O) groups is 1. The first-order valence-corrected chi connectivity index (χ1v) is 11.6. The molecule has 1 aromatic heterocycles. The molecule has 1 aliphatic heterocycles. The van der Waals surface area contributed by atoms with E-state index in [1.54, 1.807) is 6.07 Å². The second kappa shape index (κ2) is 9.65. The summed E-state index contributed by atoms with van der Waals surface area (Å²) in [5.41, 5.74) is 3.62. The Morgan fingerprint density at radius 3 is 2.47 bits per heavy atom. The summed E-state index contributed by atoms with van der Waals surface area (Å²) >= 11 is 0. The molecular weight excluding hydrogens is 417 g/mol. The lowest BCUT2D eigenvalue weighted by molar-refractivity contribution is -0.137. The van der Waals surface area contributed by atoms with E-state index in [4.69, 9.17) is 0 Å². The third-order valence-corrected chi connectivity index (χ3v) is 6.67. The molecule has 0 bridgehead atoms. The first-order valence-electron chi connectivity index (χ1n) is 11.6. The number of imidazole rings is 1. The van der Waals surface area contributed by atoms with E-state index in [-0.39, 0.29) is 5.91 Å². The van der Waals surface area contributed by atoms with Crippen molar-refractivity contribution in [2.75, 3.05) is 13.1 Å². The third kappa shape index (κ3) is 5.17. The minimum Gasteiger partial charge on any atom is -0.327 e. The van der Waals surface area contributed by atoms with Gasteiger partial charge in [0, 0.05) is 30.9 Å². The maximum Gasteiger partial charge on any atom is 0.416 e. The molecule has 2 aliphatic rings. The Morgan fingerprint density at radius 1 is 1.09 bits per heavy atom. The van der Waals surface area contributed by atoms with Crippen LogP contribution < -0.4 is 5.43 Å². The van der Waals surface area contributed by atoms with Gasteiger partial charge in [-0.1, -0.05) is 37.8 Å². The van der Waals surface area contributed by atoms with Crippen molar-refractivity contribution < 1.29 is 18.0 Å². The number of nitrogens with one attached hydrogen (secondary N) is 1. The molecule has 2 fully saturated rings. The quantitative estimate of drug-likeness (QED) is 0.649. The van der Waals surface area contributed by atoms with Crippen LogP contribution in [0.5, 0.6) is 0 Å². The summed E-state index contributed by atoms with van der Waals surface area (Å²) in [4.78, 5) is 17.6. The Kier molecular flexibility index (Phi) is 6.88. The lowest BCUT2D eigenvalue weighted by atomic mass is 9.89. The van der Waals surface area contributed by atoms with Crippen LogP contribution in [0.3, 0.4) is 0 Å². The number of aromatic nitrogens is 2. The monoisotopic (exact) mass is 448 g/mol. The van der Waals surface area contributed by atoms with E-state index >= 15 is 0 Å². The van der Waals surface area contributed by atoms with E-state index in [2.05, 4.69) is 10.4 Å². The van der Waals surface area contributed by atoms with Gasteiger partial charge in [-0.2, -0.15) is 13.2 Å². The molecule has 5 nitrogen and oxygen atoms in total. The predicted molar refractivity (Wildman–Crippen MR) is 117 cm³/mol. The molecule has 0 spiro atoms. The molecule has 1 saturated carbocycles. The Balaban J connectivity index is 1.68. The molecule has 1 amide bonds. The number of nitrogens with zero attached hydrogens (tertiary/aromatic N) is 3. The smallest absolute Gasteiger partial charge is 0.327 e. The van der Waals surface area contributed by atoms with Gasteiger partial charge < -0.3 is 4.57 Å². The molecule has 4 rings (SSSR count). The van der Waals surface area contributed by atoms with Crippen molar-refractivity contribution in [2.45, 2.75) is 71.0 Å². The van der Waals surface area contributed by atoms with Crippen molar-refractivity contribution in [3.63, 3.8) is 0 Å². The van der Waals surface area contributed by atoms with Crippen LogP contribution in [-0.4, -0.2) is 33.6 Å². The molecule has 2 aromatic rings. The molecule has 0 radical (unpaired) electrons. The summed E-state index contributed by atoms with van der Waals surface area (Å²) in [6, 6.07) is 5.24. The zero-order valence-electron chi connectivity index (χ0n) is 18.5. The highest BCUT2D eigenvalue weighted by molar-refractivity contribution is 5.93. The fourth-order valence-corrected chi connectivity index (χ4v) is 4.86. The number of hydrogen-bond acceptors (Lipinski definition) is 3. The summed E-state index contributed by atoms with van der Waals surface area (Å²) in [7, 11) is 0. The zero-order valence-corrected chi connectivity index (χ0v) is 18.5. The molecule has 8 heteroatoms. The Bertz CT molecular complexity index is 941. The van der Waals surface area contributed by atoms with Crippen molar-refractivity contribution >= 4 is 5.91 Å². The second-order valence-electron chi connectivity index (χ2n) is 9.05. The van der Waals surface area contributed by atoms with Crippen molar-refractivity contribution in [1.29, 1.82) is 0 Å². The molecule has 0 atom stereocenters. The molecule has 1 aromatic carbocycles. The van der Waals surface area contributed by atoms with E-state index in [1.165, 1.54) is 25.3 Å². The number of carbonyl (C=O) groups excluding carboxylic acids is 1. The van der Waals surface area contributed by atoms with Crippen molar-refractivity contribution in [2.24, 2.45) is 5.92 Å². The maximum absolute atomic E-state index is 13.3. The van der Waals surface area contributed by atoms with Gasteiger partial charge in [0.15, 0.2) is 5.69 Å². The number of hydrogen-bond donors (Lipinski definition) is 1. The van der Waals surface area contributed by atoms with Crippen LogP contribution in [0.4, 0.5) is 13.2 Å². The van der Waals surface area contributed by atoms with Gasteiger partial charge in [0.05, 0.1) is 5.56 Å². The van der Waals surface area contributed by atoms with Crippen LogP contribution in [-0.2, 0) is 12.7 Å². The average molecular weight is 449 g/mol. The minimum absolute atomic E-state index is 0.291. The Morgan fingerprint density at radius 2 is 1.78 bits per heavy atom. The number of hydrazine groups is 1. The third-order valence-electron chi connectivity index (χ3n) is 6.67. The van der Waals surface area contributed by atoms with Gasteiger partial charge in [0.2, 0.25) is 0 Å². The number of halogens is 3. The second-order valence-corrected chi connectivity index (χ2v) is 9.05. The number of piperidine rings is 1. The van der Waals surface area contributed by atoms with Gasteiger partial charge in [-0.05, 0) is 50.7 Å². The summed E-state index contributed by atoms with van der Waals surface area (Å²) in [5.74, 6) is 0.585. The maximum atomic E-state index is 13.3. The van der Waals surface area contributed by atoms with Crippen LogP contribution in [0, 0.1) is 12.8 Å². The summed E-state index contributed by atoms with van der Waals surface area (Å²) in [6.45, 7) is 4.11. The molecule has 1 saturated heterocycles. The van der Waals surface area contributed by atoms with Gasteiger partial charge in [0.25, 0.3) is 5.91 Å². The fraction of sp³-hybridized carbons (Fsp3) is 0.583. The topological polar surface area (TPSA) is 50.2 Å². The fourth-order valence-electron chi connectivity index (χ4n) is 4.86. The molecule has 1 aliphatic carbocycles. The minimum atomic E-state index is -4.43. The van der Waals surface area contributed by atoms with Crippen molar-refractivity contribution in [1.82, 2.24) is 20.0 Å². The SMILES string of the molecule is Cc1c(C(=O)NN2CCCCC2)nc(-c2cccc(C(F)(F)F)c2)n1CC1CCCCC1. The van der Waals surface area contributed by atoms with Crippen LogP contribution >= 0.6 is 0 Å². The highest BCUT2D eigenvalue weighted by Crippen LogP contribution is 2.34. The highest BCUT2D eigenvalue weighted by atomic mass is 19.4. The van der Waals surface area contributed by atoms with E-state index in [0.717, 1.165) is 57.3 Å². The van der Waals surface area contributed by atoms with E-state index in [9.17, 15) is 18.0 Å². The number of amides is 1. The van der Waals surface area contributed by atoms with Crippen molar-refractivity contribution in [3.05, 3.63) is 41.2 Å². The van der Waals surface area contributed by atoms with Crippen LogP contribution in [0.15, 0.2) is 24.3 Å². The lowest BCUT2D eigenvalue weighted by Gasteiger charge is -2.26. The molecule has 174 valence electrons. The van der Waals surface area contributed by atoms with Gasteiger partial charge in [-0.3, -0.25) is 10.2 Å². The largest absolute Gasteiger partial charge is 0.416 e. The van der Waals surface area contributed by atoms with Gasteiger partial charge in [-0.25, -0.2) is 9.99 Å². The average Bonchev–Trinajstić information content (AvgIpc) is 3.11.